The molecule has 0 heterocycles. The molecule has 8 heteroatoms. The Labute approximate surface area is 158 Å². The monoisotopic (exact) mass is 390 g/mol. The molecule has 0 fully saturated rings. The van der Waals surface area contributed by atoms with Gasteiger partial charge in [-0.2, -0.15) is 0 Å². The molecule has 0 saturated heterocycles. The minimum atomic E-state index is -4.01. The van der Waals surface area contributed by atoms with Crippen LogP contribution in [0.2, 0.25) is 0 Å². The maximum atomic E-state index is 12.7. The molecule has 27 heavy (non-hydrogen) atoms. The number of sulfonamides is 1. The molecule has 2 aromatic rings. The summed E-state index contributed by atoms with van der Waals surface area (Å²) < 4.78 is 27.9. The molecule has 0 aliphatic rings. The van der Waals surface area contributed by atoms with Gasteiger partial charge in [0.1, 0.15) is 0 Å². The number of hydrogen-bond donors (Lipinski definition) is 2. The van der Waals surface area contributed by atoms with E-state index in [9.17, 15) is 18.0 Å². The van der Waals surface area contributed by atoms with Crippen LogP contribution < -0.4 is 4.72 Å². The summed E-state index contributed by atoms with van der Waals surface area (Å²) in [7, 11) is -4.01. The van der Waals surface area contributed by atoms with Crippen molar-refractivity contribution in [3.05, 3.63) is 59.2 Å². The lowest BCUT2D eigenvalue weighted by atomic mass is 10.1. The zero-order valence-corrected chi connectivity index (χ0v) is 16.2. The molecule has 2 rings (SSSR count). The standard InChI is InChI=1S/C19H22N2O5S/c1-4-21(5-2)18(22)14-7-6-8-16(11-14)20-27(25,26)17-12-15(19(23)24)10-9-13(17)3/h6-12,20H,4-5H2,1-3H3,(H,23,24). The number of aryl methyl sites for hydroxylation is 1. The summed E-state index contributed by atoms with van der Waals surface area (Å²) in [6.45, 7) is 6.41. The highest BCUT2D eigenvalue weighted by Crippen LogP contribution is 2.22. The molecular weight excluding hydrogens is 368 g/mol. The van der Waals surface area contributed by atoms with Gasteiger partial charge >= 0.3 is 5.97 Å². The van der Waals surface area contributed by atoms with Crippen molar-refractivity contribution >= 4 is 27.6 Å². The smallest absolute Gasteiger partial charge is 0.335 e. The van der Waals surface area contributed by atoms with E-state index >= 15 is 0 Å². The van der Waals surface area contributed by atoms with Crippen molar-refractivity contribution in [3.8, 4) is 0 Å². The highest BCUT2D eigenvalue weighted by atomic mass is 32.2. The van der Waals surface area contributed by atoms with E-state index in [1.165, 1.54) is 24.3 Å². The van der Waals surface area contributed by atoms with Gasteiger partial charge in [0.15, 0.2) is 0 Å². The van der Waals surface area contributed by atoms with Crippen LogP contribution in [-0.2, 0) is 10.0 Å². The van der Waals surface area contributed by atoms with E-state index in [4.69, 9.17) is 5.11 Å². The van der Waals surface area contributed by atoms with Gasteiger partial charge in [-0.15, -0.1) is 0 Å². The van der Waals surface area contributed by atoms with E-state index in [0.717, 1.165) is 6.07 Å². The van der Waals surface area contributed by atoms with Crippen molar-refractivity contribution in [2.24, 2.45) is 0 Å². The van der Waals surface area contributed by atoms with Gasteiger partial charge in [-0.25, -0.2) is 13.2 Å². The predicted octanol–water partition coefficient (Wildman–Crippen LogP) is 2.98. The number of aromatic carboxylic acids is 1. The van der Waals surface area contributed by atoms with Crippen molar-refractivity contribution in [2.75, 3.05) is 17.8 Å². The SMILES string of the molecule is CCN(CC)C(=O)c1cccc(NS(=O)(=O)c2cc(C(=O)O)ccc2C)c1. The van der Waals surface area contributed by atoms with Gasteiger partial charge in [-0.05, 0) is 56.7 Å². The minimum absolute atomic E-state index is 0.119. The van der Waals surface area contributed by atoms with Crippen LogP contribution in [0, 0.1) is 6.92 Å². The molecule has 0 radical (unpaired) electrons. The number of carboxylic acid groups (broad SMARTS) is 1. The van der Waals surface area contributed by atoms with Crippen molar-refractivity contribution in [1.82, 2.24) is 4.90 Å². The van der Waals surface area contributed by atoms with Crippen LogP contribution in [0.3, 0.4) is 0 Å². The number of nitrogens with one attached hydrogen (secondary N) is 1. The first kappa shape index (κ1) is 20.4. The van der Waals surface area contributed by atoms with Crippen molar-refractivity contribution in [3.63, 3.8) is 0 Å². The third kappa shape index (κ3) is 4.65. The molecule has 0 atom stereocenters. The van der Waals surface area contributed by atoms with Gasteiger partial charge in [-0.1, -0.05) is 12.1 Å². The largest absolute Gasteiger partial charge is 0.478 e. The normalized spacial score (nSPS) is 11.1. The fourth-order valence-corrected chi connectivity index (χ4v) is 3.96. The first-order chi connectivity index (χ1) is 12.7. The number of anilines is 1. The molecule has 1 amide bonds. The summed E-state index contributed by atoms with van der Waals surface area (Å²) in [5.41, 5.74) is 0.900. The summed E-state index contributed by atoms with van der Waals surface area (Å²) >= 11 is 0. The first-order valence-electron chi connectivity index (χ1n) is 8.45. The Kier molecular flexibility index (Phi) is 6.22. The number of benzene rings is 2. The van der Waals surface area contributed by atoms with E-state index in [0.29, 0.717) is 24.2 Å². The van der Waals surface area contributed by atoms with Crippen LogP contribution in [0.5, 0.6) is 0 Å². The molecule has 0 aromatic heterocycles. The van der Waals surface area contributed by atoms with E-state index in [1.807, 2.05) is 13.8 Å². The lowest BCUT2D eigenvalue weighted by Gasteiger charge is -2.19. The van der Waals surface area contributed by atoms with Crippen LogP contribution in [-0.4, -0.2) is 43.4 Å². The molecule has 0 aliphatic heterocycles. The van der Waals surface area contributed by atoms with Crippen LogP contribution in [0.25, 0.3) is 0 Å². The maximum absolute atomic E-state index is 12.7. The Morgan fingerprint density at radius 2 is 1.70 bits per heavy atom. The van der Waals surface area contributed by atoms with E-state index in [-0.39, 0.29) is 22.1 Å². The number of hydrogen-bond acceptors (Lipinski definition) is 4. The van der Waals surface area contributed by atoms with Gasteiger partial charge < -0.3 is 10.0 Å². The van der Waals surface area contributed by atoms with Crippen molar-refractivity contribution < 1.29 is 23.1 Å². The second kappa shape index (κ2) is 8.22. The molecule has 2 aromatic carbocycles. The third-order valence-corrected chi connectivity index (χ3v) is 5.66. The minimum Gasteiger partial charge on any atom is -0.478 e. The van der Waals surface area contributed by atoms with Crippen LogP contribution >= 0.6 is 0 Å². The Hall–Kier alpha value is -2.87. The van der Waals surface area contributed by atoms with Crippen LogP contribution in [0.4, 0.5) is 5.69 Å². The topological polar surface area (TPSA) is 104 Å². The fraction of sp³-hybridized carbons (Fsp3) is 0.263. The lowest BCUT2D eigenvalue weighted by Crippen LogP contribution is -2.30. The highest BCUT2D eigenvalue weighted by molar-refractivity contribution is 7.92. The lowest BCUT2D eigenvalue weighted by molar-refractivity contribution is 0.0695. The predicted molar refractivity (Wildman–Crippen MR) is 103 cm³/mol. The van der Waals surface area contributed by atoms with Crippen molar-refractivity contribution in [1.29, 1.82) is 0 Å². The Morgan fingerprint density at radius 1 is 1.04 bits per heavy atom. The Balaban J connectivity index is 2.37. The van der Waals surface area contributed by atoms with Gasteiger partial charge in [0, 0.05) is 24.3 Å². The highest BCUT2D eigenvalue weighted by Gasteiger charge is 2.20. The van der Waals surface area contributed by atoms with Gasteiger partial charge in [0.25, 0.3) is 15.9 Å². The number of carbonyl (C=O) groups is 2. The van der Waals surface area contributed by atoms with E-state index < -0.39 is 16.0 Å². The summed E-state index contributed by atoms with van der Waals surface area (Å²) in [6.07, 6.45) is 0. The molecule has 0 aliphatic carbocycles. The fourth-order valence-electron chi connectivity index (χ4n) is 2.64. The third-order valence-electron chi connectivity index (χ3n) is 4.14. The number of carbonyl (C=O) groups excluding carboxylic acids is 1. The maximum Gasteiger partial charge on any atom is 0.335 e. The molecular formula is C19H22N2O5S. The van der Waals surface area contributed by atoms with Gasteiger partial charge in [-0.3, -0.25) is 9.52 Å². The summed E-state index contributed by atoms with van der Waals surface area (Å²) in [5.74, 6) is -1.40. The molecule has 0 saturated carbocycles. The average molecular weight is 390 g/mol. The molecule has 7 nitrogen and oxygen atoms in total. The molecule has 144 valence electrons. The number of rotatable bonds is 7. The summed E-state index contributed by atoms with van der Waals surface area (Å²) in [6, 6.07) is 10.1. The summed E-state index contributed by atoms with van der Waals surface area (Å²) in [4.78, 5) is 25.1. The summed E-state index contributed by atoms with van der Waals surface area (Å²) in [5, 5.41) is 9.09. The average Bonchev–Trinajstić information content (AvgIpc) is 2.62. The van der Waals surface area contributed by atoms with Crippen LogP contribution in [0.1, 0.15) is 40.1 Å². The van der Waals surface area contributed by atoms with Gasteiger partial charge in [0.05, 0.1) is 10.5 Å². The second-order valence-electron chi connectivity index (χ2n) is 5.95. The quantitative estimate of drug-likeness (QED) is 0.756. The van der Waals surface area contributed by atoms with Gasteiger partial charge in [0.2, 0.25) is 0 Å². The zero-order valence-electron chi connectivity index (χ0n) is 15.4. The number of amides is 1. The zero-order chi connectivity index (χ0) is 20.2. The van der Waals surface area contributed by atoms with Crippen molar-refractivity contribution in [2.45, 2.75) is 25.7 Å². The first-order valence-corrected chi connectivity index (χ1v) is 9.94. The Morgan fingerprint density at radius 3 is 2.30 bits per heavy atom. The second-order valence-corrected chi connectivity index (χ2v) is 7.60. The van der Waals surface area contributed by atoms with Crippen LogP contribution in [0.15, 0.2) is 47.4 Å². The molecule has 0 unspecified atom stereocenters. The number of nitrogens with zero attached hydrogens (tertiary/aromatic N) is 1. The van der Waals surface area contributed by atoms with E-state index in [2.05, 4.69) is 4.72 Å². The molecule has 2 N–H and O–H groups in total. The van der Waals surface area contributed by atoms with E-state index in [1.54, 1.807) is 24.0 Å². The number of carboxylic acids is 1. The molecule has 0 spiro atoms. The molecule has 0 bridgehead atoms. The Bertz CT molecular complexity index is 966.